The Kier molecular flexibility index (Phi) is 4.24. The lowest BCUT2D eigenvalue weighted by molar-refractivity contribution is 0.293. The highest BCUT2D eigenvalue weighted by Gasteiger charge is 2.03. The van der Waals surface area contributed by atoms with Gasteiger partial charge in [-0.1, -0.05) is 30.3 Å². The molecule has 0 unspecified atom stereocenters. The van der Waals surface area contributed by atoms with Gasteiger partial charge in [0.1, 0.15) is 18.8 Å². The van der Waals surface area contributed by atoms with Crippen LogP contribution < -0.4 is 10.1 Å². The molecule has 0 bridgehead atoms. The van der Waals surface area contributed by atoms with Gasteiger partial charge in [0, 0.05) is 19.3 Å². The van der Waals surface area contributed by atoms with Crippen LogP contribution in [-0.2, 0) is 20.2 Å². The van der Waals surface area contributed by atoms with E-state index in [0.717, 1.165) is 11.4 Å². The highest BCUT2D eigenvalue weighted by Crippen LogP contribution is 2.11. The van der Waals surface area contributed by atoms with Crippen molar-refractivity contribution in [1.29, 1.82) is 0 Å². The molecular formula is C15H16N6O. The zero-order chi connectivity index (χ0) is 15.2. The van der Waals surface area contributed by atoms with Gasteiger partial charge < -0.3 is 10.1 Å². The highest BCUT2D eigenvalue weighted by atomic mass is 16.5. The molecule has 0 aliphatic rings. The van der Waals surface area contributed by atoms with E-state index in [-0.39, 0.29) is 0 Å². The van der Waals surface area contributed by atoms with Gasteiger partial charge in [0.05, 0.1) is 6.54 Å². The van der Waals surface area contributed by atoms with E-state index in [1.807, 2.05) is 37.4 Å². The number of anilines is 1. The molecule has 0 saturated heterocycles. The van der Waals surface area contributed by atoms with E-state index >= 15 is 0 Å². The first-order chi connectivity index (χ1) is 10.8. The molecule has 0 spiro atoms. The summed E-state index contributed by atoms with van der Waals surface area (Å²) in [5.74, 6) is 1.83. The van der Waals surface area contributed by atoms with Crippen LogP contribution in [-0.4, -0.2) is 24.7 Å². The third-order valence-corrected chi connectivity index (χ3v) is 3.07. The molecule has 0 amide bonds. The summed E-state index contributed by atoms with van der Waals surface area (Å²) in [6.45, 7) is 0.971. The van der Waals surface area contributed by atoms with Gasteiger partial charge in [0.15, 0.2) is 0 Å². The number of aromatic nitrogens is 5. The fourth-order valence-electron chi connectivity index (χ4n) is 1.88. The summed E-state index contributed by atoms with van der Waals surface area (Å²) < 4.78 is 7.37. The van der Waals surface area contributed by atoms with Crippen LogP contribution >= 0.6 is 0 Å². The number of rotatable bonds is 6. The average Bonchev–Trinajstić information content (AvgIpc) is 2.98. The van der Waals surface area contributed by atoms with E-state index in [0.29, 0.717) is 25.0 Å². The Hall–Kier alpha value is -2.96. The molecule has 0 radical (unpaired) electrons. The van der Waals surface area contributed by atoms with E-state index in [2.05, 4.69) is 25.4 Å². The van der Waals surface area contributed by atoms with Crippen molar-refractivity contribution in [2.45, 2.75) is 13.2 Å². The Labute approximate surface area is 128 Å². The van der Waals surface area contributed by atoms with Gasteiger partial charge in [0.25, 0.3) is 0 Å². The lowest BCUT2D eigenvalue weighted by Crippen LogP contribution is -2.09. The normalized spacial score (nSPS) is 10.4. The largest absolute Gasteiger partial charge is 0.473 e. The van der Waals surface area contributed by atoms with E-state index in [1.165, 1.54) is 6.33 Å². The van der Waals surface area contributed by atoms with Crippen molar-refractivity contribution in [2.24, 2.45) is 7.05 Å². The SMILES string of the molecule is Cn1ncnc1CNc1nccc(OCc2ccccc2)n1. The standard InChI is InChI=1S/C15H16N6O/c1-21-13(18-11-19-21)9-17-15-16-8-7-14(20-15)22-10-12-5-3-2-4-6-12/h2-8,11H,9-10H2,1H3,(H,16,17,20). The number of ether oxygens (including phenoxy) is 1. The minimum atomic E-state index is 0.473. The van der Waals surface area contributed by atoms with Crippen molar-refractivity contribution in [3.63, 3.8) is 0 Å². The number of nitrogens with zero attached hydrogens (tertiary/aromatic N) is 5. The van der Waals surface area contributed by atoms with Crippen LogP contribution in [0.1, 0.15) is 11.4 Å². The monoisotopic (exact) mass is 296 g/mol. The fraction of sp³-hybridized carbons (Fsp3) is 0.200. The quantitative estimate of drug-likeness (QED) is 0.747. The Balaban J connectivity index is 1.59. The first-order valence-corrected chi connectivity index (χ1v) is 6.88. The predicted molar refractivity (Wildman–Crippen MR) is 81.1 cm³/mol. The van der Waals surface area contributed by atoms with Gasteiger partial charge in [-0.2, -0.15) is 10.1 Å². The Morgan fingerprint density at radius 1 is 1.14 bits per heavy atom. The summed E-state index contributed by atoms with van der Waals surface area (Å²) in [5.41, 5.74) is 1.09. The molecular weight excluding hydrogens is 280 g/mol. The lowest BCUT2D eigenvalue weighted by Gasteiger charge is -2.07. The Bertz CT molecular complexity index is 728. The van der Waals surface area contributed by atoms with Crippen molar-refractivity contribution in [1.82, 2.24) is 24.7 Å². The van der Waals surface area contributed by atoms with Crippen molar-refractivity contribution in [3.8, 4) is 5.88 Å². The van der Waals surface area contributed by atoms with Crippen molar-refractivity contribution >= 4 is 5.95 Å². The minimum absolute atomic E-state index is 0.473. The number of benzene rings is 1. The molecule has 0 aliphatic carbocycles. The van der Waals surface area contributed by atoms with Crippen LogP contribution in [0.3, 0.4) is 0 Å². The topological polar surface area (TPSA) is 77.8 Å². The molecule has 0 fully saturated rings. The molecule has 1 N–H and O–H groups in total. The van der Waals surface area contributed by atoms with Gasteiger partial charge >= 0.3 is 0 Å². The van der Waals surface area contributed by atoms with Gasteiger partial charge in [-0.15, -0.1) is 0 Å². The molecule has 3 aromatic rings. The summed E-state index contributed by atoms with van der Waals surface area (Å²) in [5, 5.41) is 7.11. The summed E-state index contributed by atoms with van der Waals surface area (Å²) in [4.78, 5) is 12.6. The smallest absolute Gasteiger partial charge is 0.226 e. The fourth-order valence-corrected chi connectivity index (χ4v) is 1.88. The maximum absolute atomic E-state index is 5.67. The lowest BCUT2D eigenvalue weighted by atomic mass is 10.2. The number of hydrogen-bond donors (Lipinski definition) is 1. The molecule has 2 aromatic heterocycles. The second-order valence-electron chi connectivity index (χ2n) is 4.65. The molecule has 0 atom stereocenters. The maximum Gasteiger partial charge on any atom is 0.226 e. The average molecular weight is 296 g/mol. The second-order valence-corrected chi connectivity index (χ2v) is 4.65. The first kappa shape index (κ1) is 14.0. The molecule has 7 nitrogen and oxygen atoms in total. The van der Waals surface area contributed by atoms with Crippen molar-refractivity contribution < 1.29 is 4.74 Å². The molecule has 0 aliphatic heterocycles. The number of nitrogens with one attached hydrogen (secondary N) is 1. The summed E-state index contributed by atoms with van der Waals surface area (Å²) >= 11 is 0. The van der Waals surface area contributed by atoms with Crippen LogP contribution in [0.15, 0.2) is 48.9 Å². The zero-order valence-corrected chi connectivity index (χ0v) is 12.2. The molecule has 112 valence electrons. The van der Waals surface area contributed by atoms with Gasteiger partial charge in [-0.3, -0.25) is 4.68 Å². The van der Waals surface area contributed by atoms with Crippen LogP contribution in [0.5, 0.6) is 5.88 Å². The van der Waals surface area contributed by atoms with E-state index in [1.54, 1.807) is 16.9 Å². The van der Waals surface area contributed by atoms with Crippen LogP contribution in [0.4, 0.5) is 5.95 Å². The first-order valence-electron chi connectivity index (χ1n) is 6.88. The van der Waals surface area contributed by atoms with E-state index in [9.17, 15) is 0 Å². The maximum atomic E-state index is 5.67. The van der Waals surface area contributed by atoms with Crippen LogP contribution in [0.2, 0.25) is 0 Å². The molecule has 0 saturated carbocycles. The number of hydrogen-bond acceptors (Lipinski definition) is 6. The van der Waals surface area contributed by atoms with E-state index in [4.69, 9.17) is 4.74 Å². The van der Waals surface area contributed by atoms with Crippen LogP contribution in [0, 0.1) is 0 Å². The van der Waals surface area contributed by atoms with Crippen LogP contribution in [0.25, 0.3) is 0 Å². The predicted octanol–water partition coefficient (Wildman–Crippen LogP) is 1.80. The summed E-state index contributed by atoms with van der Waals surface area (Å²) in [7, 11) is 1.84. The van der Waals surface area contributed by atoms with Gasteiger partial charge in [-0.25, -0.2) is 9.97 Å². The Morgan fingerprint density at radius 2 is 2.00 bits per heavy atom. The third kappa shape index (κ3) is 3.57. The minimum Gasteiger partial charge on any atom is -0.473 e. The molecule has 22 heavy (non-hydrogen) atoms. The third-order valence-electron chi connectivity index (χ3n) is 3.07. The summed E-state index contributed by atoms with van der Waals surface area (Å²) in [6, 6.07) is 11.7. The van der Waals surface area contributed by atoms with Gasteiger partial charge in [-0.05, 0) is 5.56 Å². The summed E-state index contributed by atoms with van der Waals surface area (Å²) in [6.07, 6.45) is 3.17. The molecule has 7 heteroatoms. The molecule has 2 heterocycles. The zero-order valence-electron chi connectivity index (χ0n) is 12.2. The highest BCUT2D eigenvalue weighted by molar-refractivity contribution is 5.28. The number of aryl methyl sites for hydroxylation is 1. The van der Waals surface area contributed by atoms with Gasteiger partial charge in [0.2, 0.25) is 11.8 Å². The molecule has 3 rings (SSSR count). The van der Waals surface area contributed by atoms with E-state index < -0.39 is 0 Å². The van der Waals surface area contributed by atoms with Crippen molar-refractivity contribution in [3.05, 3.63) is 60.3 Å². The molecule has 1 aromatic carbocycles. The second kappa shape index (κ2) is 6.66. The Morgan fingerprint density at radius 3 is 2.77 bits per heavy atom. The van der Waals surface area contributed by atoms with Crippen molar-refractivity contribution in [2.75, 3.05) is 5.32 Å².